The zero-order chi connectivity index (χ0) is 17.9. The van der Waals surface area contributed by atoms with Crippen LogP contribution in [-0.2, 0) is 11.2 Å². The van der Waals surface area contributed by atoms with E-state index in [4.69, 9.17) is 9.15 Å². The summed E-state index contributed by atoms with van der Waals surface area (Å²) in [5.41, 5.74) is 1.59. The predicted molar refractivity (Wildman–Crippen MR) is 111 cm³/mol. The molecule has 26 heavy (non-hydrogen) atoms. The molecule has 0 unspecified atom stereocenters. The molecule has 1 heterocycles. The molecule has 0 atom stereocenters. The van der Waals surface area contributed by atoms with Crippen molar-refractivity contribution in [3.8, 4) is 11.5 Å². The lowest BCUT2D eigenvalue weighted by Crippen LogP contribution is -2.38. The number of hydrogen-bond acceptors (Lipinski definition) is 4. The largest absolute Gasteiger partial charge is 0.444 e. The number of halogens is 2. The maximum absolute atomic E-state index is 13.0. The second-order valence-electron chi connectivity index (χ2n) is 5.43. The van der Waals surface area contributed by atoms with Crippen LogP contribution in [0.5, 0.6) is 0 Å². The van der Waals surface area contributed by atoms with Crippen LogP contribution in [0.15, 0.2) is 39.9 Å². The number of rotatable bonds is 9. The van der Waals surface area contributed by atoms with Crippen LogP contribution in [0, 0.1) is 5.82 Å². The maximum Gasteiger partial charge on any atom is 0.226 e. The van der Waals surface area contributed by atoms with Crippen LogP contribution in [-0.4, -0.2) is 44.3 Å². The molecule has 6 nitrogen and oxygen atoms in total. The van der Waals surface area contributed by atoms with Gasteiger partial charge in [-0.25, -0.2) is 9.37 Å². The van der Waals surface area contributed by atoms with Crippen molar-refractivity contribution in [1.29, 1.82) is 0 Å². The number of guanidine groups is 1. The zero-order valence-electron chi connectivity index (χ0n) is 15.1. The van der Waals surface area contributed by atoms with Crippen molar-refractivity contribution < 1.29 is 13.5 Å². The normalized spacial score (nSPS) is 11.1. The van der Waals surface area contributed by atoms with Gasteiger partial charge in [0.1, 0.15) is 12.1 Å². The number of aliphatic imine (C=N–C) groups is 1. The second kappa shape index (κ2) is 12.6. The first-order valence-corrected chi connectivity index (χ1v) is 8.44. The molecule has 0 amide bonds. The first-order chi connectivity index (χ1) is 12.2. The molecule has 0 aliphatic heterocycles. The van der Waals surface area contributed by atoms with Gasteiger partial charge in [-0.3, -0.25) is 4.99 Å². The Hall–Kier alpha value is -1.68. The Morgan fingerprint density at radius 1 is 1.27 bits per heavy atom. The van der Waals surface area contributed by atoms with Gasteiger partial charge in [-0.1, -0.05) is 0 Å². The molecule has 2 rings (SSSR count). The SMILES string of the molecule is CCNC(=NCCCOC)NCCc1coc(-c2ccc(F)cc2)n1.I. The number of nitrogens with zero attached hydrogens (tertiary/aromatic N) is 2. The molecule has 0 radical (unpaired) electrons. The van der Waals surface area contributed by atoms with Crippen LogP contribution in [0.2, 0.25) is 0 Å². The van der Waals surface area contributed by atoms with Gasteiger partial charge in [-0.05, 0) is 37.6 Å². The van der Waals surface area contributed by atoms with Crippen LogP contribution in [0.1, 0.15) is 19.0 Å². The minimum absolute atomic E-state index is 0. The summed E-state index contributed by atoms with van der Waals surface area (Å²) in [5, 5.41) is 6.47. The molecule has 0 spiro atoms. The van der Waals surface area contributed by atoms with Crippen LogP contribution < -0.4 is 10.6 Å². The van der Waals surface area contributed by atoms with Crippen molar-refractivity contribution in [2.45, 2.75) is 19.8 Å². The topological polar surface area (TPSA) is 71.7 Å². The smallest absolute Gasteiger partial charge is 0.226 e. The van der Waals surface area contributed by atoms with Gasteiger partial charge < -0.3 is 19.8 Å². The lowest BCUT2D eigenvalue weighted by atomic mass is 10.2. The van der Waals surface area contributed by atoms with E-state index in [1.807, 2.05) is 6.92 Å². The van der Waals surface area contributed by atoms with Crippen molar-refractivity contribution >= 4 is 29.9 Å². The molecule has 0 saturated carbocycles. The molecule has 1 aromatic carbocycles. The highest BCUT2D eigenvalue weighted by Gasteiger charge is 2.07. The minimum atomic E-state index is -0.277. The van der Waals surface area contributed by atoms with Gasteiger partial charge in [-0.15, -0.1) is 24.0 Å². The first-order valence-electron chi connectivity index (χ1n) is 8.44. The van der Waals surface area contributed by atoms with Gasteiger partial charge >= 0.3 is 0 Å². The molecule has 0 bridgehead atoms. The van der Waals surface area contributed by atoms with E-state index in [1.54, 1.807) is 25.5 Å². The number of hydrogen-bond donors (Lipinski definition) is 2. The summed E-state index contributed by atoms with van der Waals surface area (Å²) in [6, 6.07) is 6.09. The molecular weight excluding hydrogens is 450 g/mol. The summed E-state index contributed by atoms with van der Waals surface area (Å²) in [5.74, 6) is 0.997. The van der Waals surface area contributed by atoms with Gasteiger partial charge in [-0.2, -0.15) is 0 Å². The van der Waals surface area contributed by atoms with Gasteiger partial charge in [0.15, 0.2) is 5.96 Å². The molecule has 8 heteroatoms. The van der Waals surface area contributed by atoms with Gasteiger partial charge in [0.05, 0.1) is 5.69 Å². The molecule has 0 fully saturated rings. The van der Waals surface area contributed by atoms with Gasteiger partial charge in [0.25, 0.3) is 0 Å². The minimum Gasteiger partial charge on any atom is -0.444 e. The van der Waals surface area contributed by atoms with Gasteiger partial charge in [0, 0.05) is 45.3 Å². The Morgan fingerprint density at radius 2 is 2.04 bits per heavy atom. The number of nitrogens with one attached hydrogen (secondary N) is 2. The first kappa shape index (κ1) is 22.4. The number of methoxy groups -OCH3 is 1. The molecule has 2 N–H and O–H groups in total. The van der Waals surface area contributed by atoms with E-state index in [0.717, 1.165) is 30.2 Å². The molecule has 2 aromatic rings. The van der Waals surface area contributed by atoms with E-state index in [2.05, 4.69) is 20.6 Å². The van der Waals surface area contributed by atoms with Crippen molar-refractivity contribution in [2.24, 2.45) is 4.99 Å². The lowest BCUT2D eigenvalue weighted by Gasteiger charge is -2.10. The van der Waals surface area contributed by atoms with E-state index < -0.39 is 0 Å². The Balaban J connectivity index is 0.00000338. The standard InChI is InChI=1S/C18H25FN4O2.HI/c1-3-20-18(21-10-4-12-24-2)22-11-9-16-13-25-17(23-16)14-5-7-15(19)8-6-14;/h5-8,13H,3-4,9-12H2,1-2H3,(H2,20,21,22);1H. The van der Waals surface area contributed by atoms with Crippen LogP contribution in [0.3, 0.4) is 0 Å². The summed E-state index contributed by atoms with van der Waals surface area (Å²) in [6.45, 7) is 4.93. The van der Waals surface area contributed by atoms with Gasteiger partial charge in [0.2, 0.25) is 5.89 Å². The third-order valence-electron chi connectivity index (χ3n) is 3.44. The average molecular weight is 476 g/mol. The summed E-state index contributed by atoms with van der Waals surface area (Å²) in [7, 11) is 1.69. The maximum atomic E-state index is 13.0. The highest BCUT2D eigenvalue weighted by Crippen LogP contribution is 2.18. The van der Waals surface area contributed by atoms with E-state index >= 15 is 0 Å². The molecule has 0 aliphatic rings. The average Bonchev–Trinajstić information content (AvgIpc) is 3.08. The van der Waals surface area contributed by atoms with Crippen molar-refractivity contribution in [2.75, 3.05) is 33.4 Å². The number of aromatic nitrogens is 1. The highest BCUT2D eigenvalue weighted by atomic mass is 127. The molecule has 0 aliphatic carbocycles. The Morgan fingerprint density at radius 3 is 2.73 bits per heavy atom. The quantitative estimate of drug-likeness (QED) is 0.252. The van der Waals surface area contributed by atoms with E-state index in [0.29, 0.717) is 32.0 Å². The number of ether oxygens (including phenoxy) is 1. The molecule has 1 aromatic heterocycles. The summed E-state index contributed by atoms with van der Waals surface area (Å²) in [4.78, 5) is 8.91. The summed E-state index contributed by atoms with van der Waals surface area (Å²) < 4.78 is 23.4. The van der Waals surface area contributed by atoms with Crippen LogP contribution in [0.25, 0.3) is 11.5 Å². The Labute approximate surface area is 170 Å². The third kappa shape index (κ3) is 7.69. The monoisotopic (exact) mass is 476 g/mol. The number of oxazole rings is 1. The lowest BCUT2D eigenvalue weighted by molar-refractivity contribution is 0.197. The van der Waals surface area contributed by atoms with Crippen molar-refractivity contribution in [3.05, 3.63) is 42.0 Å². The van der Waals surface area contributed by atoms with Crippen LogP contribution >= 0.6 is 24.0 Å². The zero-order valence-corrected chi connectivity index (χ0v) is 17.5. The summed E-state index contributed by atoms with van der Waals surface area (Å²) in [6.07, 6.45) is 3.22. The highest BCUT2D eigenvalue weighted by molar-refractivity contribution is 14.0. The Bertz CT molecular complexity index is 661. The number of benzene rings is 1. The molecular formula is C18H26FIN4O2. The predicted octanol–water partition coefficient (Wildman–Crippen LogP) is 3.23. The van der Waals surface area contributed by atoms with Crippen molar-refractivity contribution in [3.63, 3.8) is 0 Å². The third-order valence-corrected chi connectivity index (χ3v) is 3.44. The Kier molecular flexibility index (Phi) is 10.9. The summed E-state index contributed by atoms with van der Waals surface area (Å²) >= 11 is 0. The van der Waals surface area contributed by atoms with E-state index in [9.17, 15) is 4.39 Å². The molecule has 0 saturated heterocycles. The van der Waals surface area contributed by atoms with E-state index in [1.165, 1.54) is 12.1 Å². The van der Waals surface area contributed by atoms with Crippen molar-refractivity contribution in [1.82, 2.24) is 15.6 Å². The molecule has 144 valence electrons. The fourth-order valence-electron chi connectivity index (χ4n) is 2.20. The van der Waals surface area contributed by atoms with Crippen LogP contribution in [0.4, 0.5) is 4.39 Å². The fraction of sp³-hybridized carbons (Fsp3) is 0.444. The second-order valence-corrected chi connectivity index (χ2v) is 5.43. The van der Waals surface area contributed by atoms with E-state index in [-0.39, 0.29) is 29.8 Å². The fourth-order valence-corrected chi connectivity index (χ4v) is 2.20.